The molecule has 1 aromatic heterocycles. The van der Waals surface area contributed by atoms with Gasteiger partial charge in [-0.15, -0.1) is 0 Å². The van der Waals surface area contributed by atoms with E-state index >= 15 is 0 Å². The molecule has 2 N–H and O–H groups in total. The number of aromatic nitrogens is 1. The van der Waals surface area contributed by atoms with Crippen molar-refractivity contribution in [2.24, 2.45) is 0 Å². The predicted octanol–water partition coefficient (Wildman–Crippen LogP) is 5.35. The van der Waals surface area contributed by atoms with Crippen molar-refractivity contribution in [2.75, 3.05) is 10.6 Å². The molecule has 0 aliphatic rings. The zero-order valence-corrected chi connectivity index (χ0v) is 14.8. The zero-order chi connectivity index (χ0) is 17.8. The van der Waals surface area contributed by atoms with E-state index in [1.54, 1.807) is 30.5 Å². The van der Waals surface area contributed by atoms with Crippen molar-refractivity contribution in [3.05, 3.63) is 82.5 Å². The van der Waals surface area contributed by atoms with E-state index in [-0.39, 0.29) is 5.91 Å². The molecule has 3 rings (SSSR count). The number of carbonyl (C=O) groups excluding carboxylic acids is 1. The van der Waals surface area contributed by atoms with Gasteiger partial charge < -0.3 is 10.6 Å². The summed E-state index contributed by atoms with van der Waals surface area (Å²) >= 11 is 5.83. The average molecular weight is 352 g/mol. The number of pyridine rings is 1. The first-order valence-electron chi connectivity index (χ1n) is 7.89. The summed E-state index contributed by atoms with van der Waals surface area (Å²) in [6.07, 6.45) is 1.63. The number of carbonyl (C=O) groups is 1. The monoisotopic (exact) mass is 351 g/mol. The highest BCUT2D eigenvalue weighted by Crippen LogP contribution is 2.22. The summed E-state index contributed by atoms with van der Waals surface area (Å²) in [5, 5.41) is 6.71. The molecular weight excluding hydrogens is 334 g/mol. The molecule has 0 spiro atoms. The van der Waals surface area contributed by atoms with Gasteiger partial charge in [0, 0.05) is 16.3 Å². The molecule has 3 aromatic rings. The molecule has 1 amide bonds. The van der Waals surface area contributed by atoms with Crippen LogP contribution in [0.3, 0.4) is 0 Å². The first-order chi connectivity index (χ1) is 12.0. The lowest BCUT2D eigenvalue weighted by Gasteiger charge is -2.11. The number of halogens is 1. The molecule has 0 aliphatic carbocycles. The van der Waals surface area contributed by atoms with Crippen LogP contribution in [0.15, 0.2) is 60.8 Å². The predicted molar refractivity (Wildman–Crippen MR) is 103 cm³/mol. The molecule has 0 saturated carbocycles. The van der Waals surface area contributed by atoms with Crippen LogP contribution >= 0.6 is 11.6 Å². The molecule has 1 heterocycles. The maximum Gasteiger partial charge on any atom is 0.255 e. The van der Waals surface area contributed by atoms with Crippen molar-refractivity contribution in [1.29, 1.82) is 0 Å². The van der Waals surface area contributed by atoms with E-state index in [0.717, 1.165) is 11.5 Å². The van der Waals surface area contributed by atoms with Crippen LogP contribution in [0.1, 0.15) is 21.5 Å². The first kappa shape index (κ1) is 17.0. The van der Waals surface area contributed by atoms with E-state index in [2.05, 4.69) is 35.5 Å². The van der Waals surface area contributed by atoms with Gasteiger partial charge in [-0.1, -0.05) is 23.7 Å². The molecule has 2 aromatic carbocycles. The van der Waals surface area contributed by atoms with Crippen LogP contribution in [0.5, 0.6) is 0 Å². The van der Waals surface area contributed by atoms with Gasteiger partial charge in [0.1, 0.15) is 5.82 Å². The van der Waals surface area contributed by atoms with E-state index in [0.29, 0.717) is 16.3 Å². The molecule has 4 nitrogen and oxygen atoms in total. The summed E-state index contributed by atoms with van der Waals surface area (Å²) in [6, 6.07) is 16.5. The van der Waals surface area contributed by atoms with Crippen molar-refractivity contribution in [3.8, 4) is 0 Å². The van der Waals surface area contributed by atoms with Crippen LogP contribution in [0, 0.1) is 13.8 Å². The maximum atomic E-state index is 12.2. The Morgan fingerprint density at radius 2 is 1.76 bits per heavy atom. The number of hydrogen-bond acceptors (Lipinski definition) is 3. The van der Waals surface area contributed by atoms with Crippen molar-refractivity contribution in [2.45, 2.75) is 13.8 Å². The molecule has 5 heteroatoms. The Morgan fingerprint density at radius 1 is 1.00 bits per heavy atom. The molecule has 0 saturated heterocycles. The highest BCUT2D eigenvalue weighted by atomic mass is 35.5. The van der Waals surface area contributed by atoms with Gasteiger partial charge in [-0.2, -0.15) is 0 Å². The Balaban J connectivity index is 1.69. The molecule has 0 radical (unpaired) electrons. The number of hydrogen-bond donors (Lipinski definition) is 2. The van der Waals surface area contributed by atoms with Gasteiger partial charge >= 0.3 is 0 Å². The number of aryl methyl sites for hydroxylation is 1. The van der Waals surface area contributed by atoms with Gasteiger partial charge in [-0.3, -0.25) is 4.79 Å². The lowest BCUT2D eigenvalue weighted by molar-refractivity contribution is 0.102. The topological polar surface area (TPSA) is 54.0 Å². The van der Waals surface area contributed by atoms with Crippen molar-refractivity contribution >= 4 is 34.7 Å². The minimum Gasteiger partial charge on any atom is -0.340 e. The number of rotatable bonds is 4. The number of benzene rings is 2. The third kappa shape index (κ3) is 4.17. The summed E-state index contributed by atoms with van der Waals surface area (Å²) in [4.78, 5) is 16.5. The summed E-state index contributed by atoms with van der Waals surface area (Å²) in [7, 11) is 0. The average Bonchev–Trinajstić information content (AvgIpc) is 2.61. The second-order valence-electron chi connectivity index (χ2n) is 5.77. The second kappa shape index (κ2) is 7.36. The number of nitrogens with zero attached hydrogens (tertiary/aromatic N) is 1. The van der Waals surface area contributed by atoms with Crippen LogP contribution in [0.25, 0.3) is 0 Å². The standard InChI is InChI=1S/C20H18ClN3O/c1-13-4-3-5-18(14(13)2)24-19-11-10-17(12-22-19)23-20(25)15-6-8-16(21)9-7-15/h3-12H,1-2H3,(H,22,24)(H,23,25). The van der Waals surface area contributed by atoms with Gasteiger partial charge in [0.05, 0.1) is 11.9 Å². The normalized spacial score (nSPS) is 10.4. The minimum absolute atomic E-state index is 0.200. The quantitative estimate of drug-likeness (QED) is 0.666. The van der Waals surface area contributed by atoms with Crippen LogP contribution in [-0.2, 0) is 0 Å². The minimum atomic E-state index is -0.200. The summed E-state index contributed by atoms with van der Waals surface area (Å²) < 4.78 is 0. The Bertz CT molecular complexity index is 890. The second-order valence-corrected chi connectivity index (χ2v) is 6.20. The van der Waals surface area contributed by atoms with Crippen LogP contribution in [0.4, 0.5) is 17.2 Å². The van der Waals surface area contributed by atoms with Crippen LogP contribution in [-0.4, -0.2) is 10.9 Å². The Kier molecular flexibility index (Phi) is 5.00. The SMILES string of the molecule is Cc1cccc(Nc2ccc(NC(=O)c3ccc(Cl)cc3)cn2)c1C. The molecule has 0 atom stereocenters. The van der Waals surface area contributed by atoms with Gasteiger partial charge in [0.2, 0.25) is 0 Å². The van der Waals surface area contributed by atoms with Crippen LogP contribution < -0.4 is 10.6 Å². The van der Waals surface area contributed by atoms with E-state index in [4.69, 9.17) is 11.6 Å². The largest absolute Gasteiger partial charge is 0.340 e. The molecule has 0 aliphatic heterocycles. The fourth-order valence-electron chi connectivity index (χ4n) is 2.37. The third-order valence-corrected chi connectivity index (χ3v) is 4.25. The molecule has 0 unspecified atom stereocenters. The number of anilines is 3. The maximum absolute atomic E-state index is 12.2. The molecule has 0 bridgehead atoms. The molecule has 25 heavy (non-hydrogen) atoms. The Hall–Kier alpha value is -2.85. The molecule has 0 fully saturated rings. The first-order valence-corrected chi connectivity index (χ1v) is 8.27. The van der Waals surface area contributed by atoms with E-state index in [1.165, 1.54) is 11.1 Å². The fourth-order valence-corrected chi connectivity index (χ4v) is 2.50. The van der Waals surface area contributed by atoms with Crippen molar-refractivity contribution in [3.63, 3.8) is 0 Å². The molecular formula is C20H18ClN3O. The molecule has 126 valence electrons. The lowest BCUT2D eigenvalue weighted by atomic mass is 10.1. The van der Waals surface area contributed by atoms with Gasteiger partial charge in [-0.25, -0.2) is 4.98 Å². The lowest BCUT2D eigenvalue weighted by Crippen LogP contribution is -2.11. The van der Waals surface area contributed by atoms with Gasteiger partial charge in [-0.05, 0) is 67.4 Å². The van der Waals surface area contributed by atoms with Crippen LogP contribution in [0.2, 0.25) is 5.02 Å². The fraction of sp³-hybridized carbons (Fsp3) is 0.100. The van der Waals surface area contributed by atoms with E-state index in [9.17, 15) is 4.79 Å². The summed E-state index contributed by atoms with van der Waals surface area (Å²) in [5.74, 6) is 0.520. The highest BCUT2D eigenvalue weighted by Gasteiger charge is 2.07. The Morgan fingerprint density at radius 3 is 2.44 bits per heavy atom. The summed E-state index contributed by atoms with van der Waals surface area (Å²) in [6.45, 7) is 4.14. The van der Waals surface area contributed by atoms with Gasteiger partial charge in [0.15, 0.2) is 0 Å². The van der Waals surface area contributed by atoms with E-state index < -0.39 is 0 Å². The van der Waals surface area contributed by atoms with E-state index in [1.807, 2.05) is 24.3 Å². The highest BCUT2D eigenvalue weighted by molar-refractivity contribution is 6.30. The summed E-state index contributed by atoms with van der Waals surface area (Å²) in [5.41, 5.74) is 4.60. The number of amides is 1. The van der Waals surface area contributed by atoms with Crippen molar-refractivity contribution < 1.29 is 4.79 Å². The van der Waals surface area contributed by atoms with Gasteiger partial charge in [0.25, 0.3) is 5.91 Å². The zero-order valence-electron chi connectivity index (χ0n) is 14.0. The Labute approximate surface area is 151 Å². The number of nitrogens with one attached hydrogen (secondary N) is 2. The third-order valence-electron chi connectivity index (χ3n) is 4.00. The smallest absolute Gasteiger partial charge is 0.255 e. The van der Waals surface area contributed by atoms with Crippen molar-refractivity contribution in [1.82, 2.24) is 4.98 Å².